The van der Waals surface area contributed by atoms with Gasteiger partial charge in [-0.1, -0.05) is 91.0 Å². The Bertz CT molecular complexity index is 1270. The van der Waals surface area contributed by atoms with Gasteiger partial charge in [-0.05, 0) is 16.7 Å². The average Bonchev–Trinajstić information content (AvgIpc) is 3.31. The van der Waals surface area contributed by atoms with E-state index in [1.165, 1.54) is 0 Å². The van der Waals surface area contributed by atoms with Gasteiger partial charge in [-0.3, -0.25) is 0 Å². The van der Waals surface area contributed by atoms with Gasteiger partial charge in [0, 0.05) is 13.2 Å². The summed E-state index contributed by atoms with van der Waals surface area (Å²) in [6, 6.07) is 33.0. The minimum Gasteiger partial charge on any atom is -0.475 e. The highest BCUT2D eigenvalue weighted by Crippen LogP contribution is 2.43. The zero-order chi connectivity index (χ0) is 23.4. The third kappa shape index (κ3) is 3.68. The average molecular weight is 451 g/mol. The second-order valence-electron chi connectivity index (χ2n) is 7.99. The molecule has 170 valence electrons. The second-order valence-corrected chi connectivity index (χ2v) is 7.99. The minimum absolute atomic E-state index is 0.366. The monoisotopic (exact) mass is 450 g/mol. The molecule has 0 aliphatic heterocycles. The van der Waals surface area contributed by atoms with Crippen molar-refractivity contribution in [2.24, 2.45) is 0 Å². The topological polar surface area (TPSA) is 75.2 Å². The smallest absolute Gasteiger partial charge is 0.226 e. The SMILES string of the molecule is COCCOc1nc(N)cc2c1cnn2C(c1ccccc1)(c1ccccc1)c1ccccc1. The first-order valence-electron chi connectivity index (χ1n) is 11.2. The summed E-state index contributed by atoms with van der Waals surface area (Å²) in [5, 5.41) is 5.73. The fourth-order valence-electron chi connectivity index (χ4n) is 4.52. The van der Waals surface area contributed by atoms with Gasteiger partial charge in [-0.15, -0.1) is 0 Å². The van der Waals surface area contributed by atoms with Crippen molar-refractivity contribution < 1.29 is 9.47 Å². The lowest BCUT2D eigenvalue weighted by Crippen LogP contribution is -2.38. The Morgan fingerprint density at radius 1 is 0.794 bits per heavy atom. The summed E-state index contributed by atoms with van der Waals surface area (Å²) in [4.78, 5) is 4.43. The first-order chi connectivity index (χ1) is 16.7. The first-order valence-corrected chi connectivity index (χ1v) is 11.2. The van der Waals surface area contributed by atoms with Crippen molar-refractivity contribution in [1.29, 1.82) is 0 Å². The van der Waals surface area contributed by atoms with E-state index in [0.717, 1.165) is 27.6 Å². The number of methoxy groups -OCH3 is 1. The van der Waals surface area contributed by atoms with E-state index in [4.69, 9.17) is 20.3 Å². The number of hydrogen-bond acceptors (Lipinski definition) is 5. The van der Waals surface area contributed by atoms with Crippen LogP contribution in [0, 0.1) is 0 Å². The van der Waals surface area contributed by atoms with E-state index in [-0.39, 0.29) is 0 Å². The zero-order valence-electron chi connectivity index (χ0n) is 19.0. The van der Waals surface area contributed by atoms with Crippen LogP contribution in [0.1, 0.15) is 16.7 Å². The number of anilines is 1. The Balaban J connectivity index is 1.85. The van der Waals surface area contributed by atoms with Gasteiger partial charge in [0.25, 0.3) is 0 Å². The Morgan fingerprint density at radius 3 is 1.82 bits per heavy atom. The number of pyridine rings is 1. The molecule has 2 aromatic heterocycles. The third-order valence-corrected chi connectivity index (χ3v) is 5.97. The van der Waals surface area contributed by atoms with Gasteiger partial charge in [0.15, 0.2) is 0 Å². The normalized spacial score (nSPS) is 11.6. The Morgan fingerprint density at radius 2 is 1.32 bits per heavy atom. The van der Waals surface area contributed by atoms with Crippen LogP contribution in [0.15, 0.2) is 103 Å². The molecule has 0 saturated carbocycles. The highest BCUT2D eigenvalue weighted by atomic mass is 16.5. The molecule has 0 bridgehead atoms. The molecular weight excluding hydrogens is 424 g/mol. The lowest BCUT2D eigenvalue weighted by molar-refractivity contribution is 0.145. The summed E-state index contributed by atoms with van der Waals surface area (Å²) in [6.45, 7) is 0.822. The van der Waals surface area contributed by atoms with Crippen molar-refractivity contribution in [3.8, 4) is 5.88 Å². The summed E-state index contributed by atoms with van der Waals surface area (Å²) in [6.07, 6.45) is 1.80. The highest BCUT2D eigenvalue weighted by molar-refractivity contribution is 5.86. The predicted octanol–water partition coefficient (Wildman–Crippen LogP) is 4.88. The van der Waals surface area contributed by atoms with Crippen LogP contribution >= 0.6 is 0 Å². The molecule has 0 aliphatic carbocycles. The first kappa shape index (κ1) is 21.7. The van der Waals surface area contributed by atoms with E-state index < -0.39 is 5.54 Å². The number of hydrogen-bond donors (Lipinski definition) is 1. The van der Waals surface area contributed by atoms with Crippen LogP contribution in [0.2, 0.25) is 0 Å². The molecular formula is C28H26N4O2. The number of aromatic nitrogens is 3. The fraction of sp³-hybridized carbons (Fsp3) is 0.143. The molecule has 0 radical (unpaired) electrons. The van der Waals surface area contributed by atoms with Crippen molar-refractivity contribution in [2.45, 2.75) is 5.54 Å². The molecule has 6 heteroatoms. The largest absolute Gasteiger partial charge is 0.475 e. The summed E-state index contributed by atoms with van der Waals surface area (Å²) >= 11 is 0. The molecule has 0 fully saturated rings. The Kier molecular flexibility index (Phi) is 5.97. The molecule has 5 rings (SSSR count). The van der Waals surface area contributed by atoms with Crippen LogP contribution in [0.4, 0.5) is 5.82 Å². The Hall–Kier alpha value is -4.16. The van der Waals surface area contributed by atoms with E-state index in [0.29, 0.717) is 24.9 Å². The molecule has 0 amide bonds. The van der Waals surface area contributed by atoms with E-state index >= 15 is 0 Å². The van der Waals surface area contributed by atoms with E-state index in [9.17, 15) is 0 Å². The van der Waals surface area contributed by atoms with Crippen LogP contribution in [-0.4, -0.2) is 35.1 Å². The summed E-state index contributed by atoms with van der Waals surface area (Å²) in [5.74, 6) is 0.811. The van der Waals surface area contributed by atoms with Gasteiger partial charge in [0.1, 0.15) is 18.0 Å². The summed E-state index contributed by atoms with van der Waals surface area (Å²) in [5.41, 5.74) is 9.57. The maximum atomic E-state index is 6.25. The molecule has 34 heavy (non-hydrogen) atoms. The summed E-state index contributed by atoms with van der Waals surface area (Å²) in [7, 11) is 1.64. The quantitative estimate of drug-likeness (QED) is 0.269. The van der Waals surface area contributed by atoms with Crippen molar-refractivity contribution in [3.63, 3.8) is 0 Å². The van der Waals surface area contributed by atoms with Gasteiger partial charge < -0.3 is 15.2 Å². The summed E-state index contributed by atoms with van der Waals surface area (Å²) < 4.78 is 13.1. The molecule has 0 atom stereocenters. The number of rotatable bonds is 8. The van der Waals surface area contributed by atoms with Crippen molar-refractivity contribution in [3.05, 3.63) is 120 Å². The van der Waals surface area contributed by atoms with Crippen molar-refractivity contribution in [1.82, 2.24) is 14.8 Å². The number of nitrogens with zero attached hydrogens (tertiary/aromatic N) is 3. The molecule has 2 N–H and O–H groups in total. The lowest BCUT2D eigenvalue weighted by atomic mass is 9.77. The third-order valence-electron chi connectivity index (χ3n) is 5.97. The van der Waals surface area contributed by atoms with Gasteiger partial charge in [-0.2, -0.15) is 10.1 Å². The number of benzene rings is 3. The van der Waals surface area contributed by atoms with E-state index in [2.05, 4.69) is 77.8 Å². The van der Waals surface area contributed by atoms with Crippen LogP contribution in [0.3, 0.4) is 0 Å². The van der Waals surface area contributed by atoms with Crippen LogP contribution in [0.5, 0.6) is 5.88 Å². The molecule has 5 aromatic rings. The molecule has 2 heterocycles. The number of nitrogen functional groups attached to an aromatic ring is 1. The molecule has 3 aromatic carbocycles. The number of fused-ring (bicyclic) bond motifs is 1. The highest BCUT2D eigenvalue weighted by Gasteiger charge is 2.40. The standard InChI is InChI=1S/C28H26N4O2/c1-33-17-18-34-27-24-20-30-32(25(24)19-26(29)31-27)28(21-11-5-2-6-12-21,22-13-7-3-8-14-22)23-15-9-4-10-16-23/h2-16,19-20H,17-18H2,1H3,(H2,29,31). The van der Waals surface area contributed by atoms with Crippen LogP contribution < -0.4 is 10.5 Å². The van der Waals surface area contributed by atoms with Crippen LogP contribution in [0.25, 0.3) is 10.9 Å². The Labute approximate surface area is 198 Å². The number of nitrogens with two attached hydrogens (primary N) is 1. The minimum atomic E-state index is -0.747. The number of ether oxygens (including phenoxy) is 2. The molecule has 0 saturated heterocycles. The van der Waals surface area contributed by atoms with Crippen molar-refractivity contribution in [2.75, 3.05) is 26.1 Å². The molecule has 0 spiro atoms. The van der Waals surface area contributed by atoms with Gasteiger partial charge in [0.2, 0.25) is 5.88 Å². The fourth-order valence-corrected chi connectivity index (χ4v) is 4.52. The maximum absolute atomic E-state index is 6.25. The zero-order valence-corrected chi connectivity index (χ0v) is 19.0. The van der Waals surface area contributed by atoms with Gasteiger partial charge in [0.05, 0.1) is 23.7 Å². The lowest BCUT2D eigenvalue weighted by Gasteiger charge is -2.37. The maximum Gasteiger partial charge on any atom is 0.226 e. The van der Waals surface area contributed by atoms with Crippen molar-refractivity contribution >= 4 is 16.7 Å². The van der Waals surface area contributed by atoms with Crippen LogP contribution in [-0.2, 0) is 10.3 Å². The molecule has 0 aliphatic rings. The van der Waals surface area contributed by atoms with Gasteiger partial charge >= 0.3 is 0 Å². The second kappa shape index (κ2) is 9.37. The van der Waals surface area contributed by atoms with E-state index in [1.807, 2.05) is 28.9 Å². The van der Waals surface area contributed by atoms with E-state index in [1.54, 1.807) is 13.3 Å². The van der Waals surface area contributed by atoms with Gasteiger partial charge in [-0.25, -0.2) is 4.68 Å². The molecule has 0 unspecified atom stereocenters. The molecule has 6 nitrogen and oxygen atoms in total. The predicted molar refractivity (Wildman–Crippen MR) is 134 cm³/mol.